The summed E-state index contributed by atoms with van der Waals surface area (Å²) in [6.45, 7) is 5.80. The van der Waals surface area contributed by atoms with Crippen LogP contribution in [-0.4, -0.2) is 53.3 Å². The normalized spacial score (nSPS) is 25.0. The molecule has 6 heteroatoms. The van der Waals surface area contributed by atoms with Crippen molar-refractivity contribution in [2.75, 3.05) is 20.1 Å². The van der Waals surface area contributed by atoms with Gasteiger partial charge in [0.05, 0.1) is 0 Å². The van der Waals surface area contributed by atoms with Gasteiger partial charge in [0.2, 0.25) is 5.91 Å². The lowest BCUT2D eigenvalue weighted by Gasteiger charge is -2.22. The molecule has 1 unspecified atom stereocenters. The molecule has 1 aliphatic carbocycles. The second-order valence-electron chi connectivity index (χ2n) is 6.04. The van der Waals surface area contributed by atoms with E-state index < -0.39 is 11.6 Å². The van der Waals surface area contributed by atoms with Crippen molar-refractivity contribution in [2.45, 2.75) is 38.1 Å². The molecule has 1 atom stereocenters. The summed E-state index contributed by atoms with van der Waals surface area (Å²) in [5.41, 5.74) is -0.821. The molecule has 0 radical (unpaired) electrons. The molecule has 21 heavy (non-hydrogen) atoms. The Labute approximate surface area is 125 Å². The molecule has 4 amide bonds. The number of imide groups is 1. The highest BCUT2D eigenvalue weighted by Gasteiger charge is 2.56. The van der Waals surface area contributed by atoms with Gasteiger partial charge in [-0.05, 0) is 38.5 Å². The number of carbonyl (C=O) groups excluding carboxylic acids is 3. The van der Waals surface area contributed by atoms with Crippen molar-refractivity contribution in [2.24, 2.45) is 5.92 Å². The summed E-state index contributed by atoms with van der Waals surface area (Å²) in [6, 6.07) is -0.456. The lowest BCUT2D eigenvalue weighted by molar-refractivity contribution is -0.138. The minimum absolute atomic E-state index is 0.183. The minimum atomic E-state index is -0.821. The van der Waals surface area contributed by atoms with Crippen LogP contribution in [0, 0.1) is 5.92 Å². The molecule has 1 aliphatic heterocycles. The van der Waals surface area contributed by atoms with Crippen LogP contribution >= 0.6 is 0 Å². The lowest BCUT2D eigenvalue weighted by Crippen LogP contribution is -2.47. The minimum Gasteiger partial charge on any atom is -0.344 e. The van der Waals surface area contributed by atoms with Crippen molar-refractivity contribution in [1.29, 1.82) is 0 Å². The van der Waals surface area contributed by atoms with Gasteiger partial charge in [0, 0.05) is 13.6 Å². The Morgan fingerprint density at radius 2 is 2.19 bits per heavy atom. The Hall–Kier alpha value is -1.85. The Bertz CT molecular complexity index is 473. The molecule has 1 saturated carbocycles. The molecule has 2 fully saturated rings. The van der Waals surface area contributed by atoms with Gasteiger partial charge in [0.15, 0.2) is 0 Å². The molecule has 1 saturated heterocycles. The highest BCUT2D eigenvalue weighted by Crippen LogP contribution is 2.42. The molecule has 0 aromatic rings. The highest BCUT2D eigenvalue weighted by molar-refractivity contribution is 6.09. The van der Waals surface area contributed by atoms with Crippen molar-refractivity contribution in [3.8, 4) is 0 Å². The average Bonchev–Trinajstić information content (AvgIpc) is 3.25. The zero-order valence-electron chi connectivity index (χ0n) is 12.7. The van der Waals surface area contributed by atoms with Crippen molar-refractivity contribution < 1.29 is 14.4 Å². The summed E-state index contributed by atoms with van der Waals surface area (Å²) in [4.78, 5) is 39.1. The van der Waals surface area contributed by atoms with Crippen LogP contribution < -0.4 is 5.32 Å². The number of nitrogens with one attached hydrogen (secondary N) is 1. The number of hydrogen-bond donors (Lipinski definition) is 1. The first-order valence-electron chi connectivity index (χ1n) is 7.39. The standard InChI is InChI=1S/C15H23N3O3/c1-4-5-6-9-17(3)12(19)10-18-13(20)15(2,11-7-8-11)16-14(18)21/h4,11H,1,5-10H2,2-3H3,(H,16,21). The van der Waals surface area contributed by atoms with E-state index in [-0.39, 0.29) is 24.3 Å². The summed E-state index contributed by atoms with van der Waals surface area (Å²) in [5.74, 6) is -0.287. The topological polar surface area (TPSA) is 69.7 Å². The fraction of sp³-hybridized carbons (Fsp3) is 0.667. The Balaban J connectivity index is 1.92. The zero-order valence-corrected chi connectivity index (χ0v) is 12.7. The molecule has 1 N–H and O–H groups in total. The first-order chi connectivity index (χ1) is 9.90. The summed E-state index contributed by atoms with van der Waals surface area (Å²) < 4.78 is 0. The third-order valence-corrected chi connectivity index (χ3v) is 4.32. The number of nitrogens with zero attached hydrogens (tertiary/aromatic N) is 2. The van der Waals surface area contributed by atoms with Crippen LogP contribution in [0.5, 0.6) is 0 Å². The fourth-order valence-corrected chi connectivity index (χ4v) is 2.65. The van der Waals surface area contributed by atoms with E-state index in [4.69, 9.17) is 0 Å². The van der Waals surface area contributed by atoms with Gasteiger partial charge in [-0.3, -0.25) is 14.5 Å². The van der Waals surface area contributed by atoms with Gasteiger partial charge in [-0.25, -0.2) is 4.79 Å². The number of amides is 4. The number of urea groups is 1. The van der Waals surface area contributed by atoms with Crippen LogP contribution in [0.15, 0.2) is 12.7 Å². The van der Waals surface area contributed by atoms with Gasteiger partial charge in [-0.15, -0.1) is 6.58 Å². The van der Waals surface area contributed by atoms with E-state index in [0.29, 0.717) is 6.54 Å². The molecule has 6 nitrogen and oxygen atoms in total. The first kappa shape index (κ1) is 15.5. The molecule has 116 valence electrons. The van der Waals surface area contributed by atoms with Gasteiger partial charge in [0.25, 0.3) is 5.91 Å². The predicted octanol–water partition coefficient (Wildman–Crippen LogP) is 1.13. The number of allylic oxidation sites excluding steroid dienone is 1. The number of unbranched alkanes of at least 4 members (excludes halogenated alkanes) is 1. The maximum Gasteiger partial charge on any atom is 0.325 e. The Kier molecular flexibility index (Phi) is 4.34. The van der Waals surface area contributed by atoms with E-state index in [1.165, 1.54) is 0 Å². The number of rotatable bonds is 7. The third kappa shape index (κ3) is 3.09. The van der Waals surface area contributed by atoms with Crippen LogP contribution in [0.1, 0.15) is 32.6 Å². The maximum atomic E-state index is 12.4. The molecule has 0 spiro atoms. The lowest BCUT2D eigenvalue weighted by atomic mass is 9.96. The molecule has 0 bridgehead atoms. The van der Waals surface area contributed by atoms with Gasteiger partial charge < -0.3 is 10.2 Å². The smallest absolute Gasteiger partial charge is 0.325 e. The SMILES string of the molecule is C=CCCCN(C)C(=O)CN1C(=O)NC(C)(C2CC2)C1=O. The van der Waals surface area contributed by atoms with Gasteiger partial charge >= 0.3 is 6.03 Å². The average molecular weight is 293 g/mol. The van der Waals surface area contributed by atoms with Crippen LogP contribution in [0.3, 0.4) is 0 Å². The molecule has 0 aromatic carbocycles. The second-order valence-corrected chi connectivity index (χ2v) is 6.04. The molecule has 1 heterocycles. The predicted molar refractivity (Wildman–Crippen MR) is 78.4 cm³/mol. The van der Waals surface area contributed by atoms with Crippen molar-refractivity contribution in [3.63, 3.8) is 0 Å². The highest BCUT2D eigenvalue weighted by atomic mass is 16.2. The van der Waals surface area contributed by atoms with E-state index in [9.17, 15) is 14.4 Å². The van der Waals surface area contributed by atoms with Crippen LogP contribution in [0.2, 0.25) is 0 Å². The number of likely N-dealkylation sites (N-methyl/N-ethyl adjacent to an activating group) is 1. The Morgan fingerprint density at radius 1 is 1.52 bits per heavy atom. The zero-order chi connectivity index (χ0) is 15.6. The number of hydrogen-bond acceptors (Lipinski definition) is 3. The number of carbonyl (C=O) groups is 3. The second kappa shape index (κ2) is 5.87. The van der Waals surface area contributed by atoms with E-state index in [1.54, 1.807) is 24.9 Å². The molecule has 2 aliphatic rings. The summed E-state index contributed by atoms with van der Waals surface area (Å²) in [7, 11) is 1.68. The molecule has 0 aromatic heterocycles. The van der Waals surface area contributed by atoms with E-state index in [0.717, 1.165) is 30.6 Å². The fourth-order valence-electron chi connectivity index (χ4n) is 2.65. The summed E-state index contributed by atoms with van der Waals surface area (Å²) in [5, 5.41) is 2.74. The van der Waals surface area contributed by atoms with Crippen LogP contribution in [0.25, 0.3) is 0 Å². The van der Waals surface area contributed by atoms with Crippen molar-refractivity contribution in [3.05, 3.63) is 12.7 Å². The first-order valence-corrected chi connectivity index (χ1v) is 7.39. The van der Waals surface area contributed by atoms with Crippen LogP contribution in [0.4, 0.5) is 4.79 Å². The van der Waals surface area contributed by atoms with Gasteiger partial charge in [-0.1, -0.05) is 6.08 Å². The van der Waals surface area contributed by atoms with Crippen LogP contribution in [-0.2, 0) is 9.59 Å². The summed E-state index contributed by atoms with van der Waals surface area (Å²) in [6.07, 6.45) is 5.36. The van der Waals surface area contributed by atoms with Gasteiger partial charge in [0.1, 0.15) is 12.1 Å². The largest absolute Gasteiger partial charge is 0.344 e. The quantitative estimate of drug-likeness (QED) is 0.434. The van der Waals surface area contributed by atoms with Crippen molar-refractivity contribution in [1.82, 2.24) is 15.1 Å². The summed E-state index contributed by atoms with van der Waals surface area (Å²) >= 11 is 0. The molecular weight excluding hydrogens is 270 g/mol. The molecule has 2 rings (SSSR count). The Morgan fingerprint density at radius 3 is 2.76 bits per heavy atom. The maximum absolute atomic E-state index is 12.4. The van der Waals surface area contributed by atoms with Crippen molar-refractivity contribution >= 4 is 17.8 Å². The van der Waals surface area contributed by atoms with E-state index >= 15 is 0 Å². The van der Waals surface area contributed by atoms with E-state index in [1.807, 2.05) is 0 Å². The molecular formula is C15H23N3O3. The monoisotopic (exact) mass is 293 g/mol. The third-order valence-electron chi connectivity index (χ3n) is 4.32. The van der Waals surface area contributed by atoms with E-state index in [2.05, 4.69) is 11.9 Å². The van der Waals surface area contributed by atoms with Gasteiger partial charge in [-0.2, -0.15) is 0 Å².